The van der Waals surface area contributed by atoms with Gasteiger partial charge in [0, 0.05) is 24.1 Å². The molecule has 2 aromatic carbocycles. The lowest BCUT2D eigenvalue weighted by Gasteiger charge is -2.13. The lowest BCUT2D eigenvalue weighted by Crippen LogP contribution is -2.19. The first-order valence-corrected chi connectivity index (χ1v) is 12.0. The quantitative estimate of drug-likeness (QED) is 0.481. The number of rotatable bonds is 7. The second-order valence-electron chi connectivity index (χ2n) is 6.31. The molecule has 1 aromatic heterocycles. The molecule has 3 rings (SSSR count). The lowest BCUT2D eigenvalue weighted by molar-refractivity contribution is 0.509. The first-order valence-electron chi connectivity index (χ1n) is 8.58. The fourth-order valence-electron chi connectivity index (χ4n) is 2.57. The van der Waals surface area contributed by atoms with Crippen LogP contribution in [0, 0.1) is 11.6 Å². The minimum absolute atomic E-state index is 0.0173. The topological polar surface area (TPSA) is 130 Å². The van der Waals surface area contributed by atoms with Crippen molar-refractivity contribution in [2.24, 2.45) is 0 Å². The molecule has 3 aromatic rings. The highest BCUT2D eigenvalue weighted by atomic mass is 32.2. The van der Waals surface area contributed by atoms with Gasteiger partial charge in [0.15, 0.2) is 21.5 Å². The molecular weight excluding hydrogens is 452 g/mol. The Morgan fingerprint density at radius 1 is 0.839 bits per heavy atom. The lowest BCUT2D eigenvalue weighted by atomic mass is 10.3. The van der Waals surface area contributed by atoms with Gasteiger partial charge in [0.1, 0.15) is 18.0 Å². The van der Waals surface area contributed by atoms with Crippen LogP contribution < -0.4 is 15.4 Å². The van der Waals surface area contributed by atoms with Crippen molar-refractivity contribution in [2.75, 3.05) is 23.9 Å². The van der Waals surface area contributed by atoms with Gasteiger partial charge in [0.05, 0.1) is 15.5 Å². The number of anilines is 4. The maximum atomic E-state index is 13.4. The normalized spacial score (nSPS) is 11.9. The largest absolute Gasteiger partial charge is 0.340 e. The van der Waals surface area contributed by atoms with Gasteiger partial charge < -0.3 is 10.6 Å². The van der Waals surface area contributed by atoms with Crippen LogP contribution >= 0.6 is 0 Å². The summed E-state index contributed by atoms with van der Waals surface area (Å²) in [6.07, 6.45) is 2.13. The molecule has 0 radical (unpaired) electrons. The molecule has 0 amide bonds. The van der Waals surface area contributed by atoms with Crippen molar-refractivity contribution in [2.45, 2.75) is 9.79 Å². The van der Waals surface area contributed by atoms with E-state index in [1.54, 1.807) is 0 Å². The summed E-state index contributed by atoms with van der Waals surface area (Å²) in [5, 5.41) is 5.53. The van der Waals surface area contributed by atoms with Crippen LogP contribution in [0.25, 0.3) is 0 Å². The number of halogens is 2. The SMILES string of the molecule is CNS(=O)(=O)c1ccc(S(C)(=O)=O)c(Nc2cc(Nc3ccc(F)c(F)c3)ncn2)c1. The highest BCUT2D eigenvalue weighted by Gasteiger charge is 2.19. The minimum Gasteiger partial charge on any atom is -0.340 e. The van der Waals surface area contributed by atoms with Gasteiger partial charge in [-0.2, -0.15) is 0 Å². The van der Waals surface area contributed by atoms with Crippen molar-refractivity contribution in [1.82, 2.24) is 14.7 Å². The van der Waals surface area contributed by atoms with E-state index in [0.717, 1.165) is 30.8 Å². The number of aromatic nitrogens is 2. The molecule has 0 aliphatic heterocycles. The Balaban J connectivity index is 1.97. The Morgan fingerprint density at radius 2 is 1.52 bits per heavy atom. The molecule has 0 aliphatic rings. The van der Waals surface area contributed by atoms with Crippen molar-refractivity contribution in [1.29, 1.82) is 0 Å². The molecule has 3 N–H and O–H groups in total. The molecule has 0 saturated carbocycles. The summed E-state index contributed by atoms with van der Waals surface area (Å²) in [6.45, 7) is 0. The molecule has 164 valence electrons. The third-order valence-corrected chi connectivity index (χ3v) is 6.62. The molecule has 0 spiro atoms. The van der Waals surface area contributed by atoms with Crippen molar-refractivity contribution < 1.29 is 25.6 Å². The summed E-state index contributed by atoms with van der Waals surface area (Å²) in [7, 11) is -6.30. The summed E-state index contributed by atoms with van der Waals surface area (Å²) in [4.78, 5) is 7.66. The number of benzene rings is 2. The second-order valence-corrected chi connectivity index (χ2v) is 10.2. The van der Waals surface area contributed by atoms with Crippen LogP contribution in [-0.4, -0.2) is 40.1 Å². The summed E-state index contributed by atoms with van der Waals surface area (Å²) in [5.41, 5.74) is 0.207. The Hall–Kier alpha value is -3.16. The average molecular weight is 469 g/mol. The van der Waals surface area contributed by atoms with E-state index >= 15 is 0 Å². The molecule has 31 heavy (non-hydrogen) atoms. The van der Waals surface area contributed by atoms with Gasteiger partial charge in [-0.3, -0.25) is 0 Å². The molecule has 1 heterocycles. The molecule has 0 bridgehead atoms. The fraction of sp³-hybridized carbons (Fsp3) is 0.111. The van der Waals surface area contributed by atoms with Gasteiger partial charge in [-0.1, -0.05) is 0 Å². The molecular formula is C18H17F2N5O4S2. The van der Waals surface area contributed by atoms with E-state index in [0.29, 0.717) is 0 Å². The highest BCUT2D eigenvalue weighted by Crippen LogP contribution is 2.28. The molecule has 9 nitrogen and oxygen atoms in total. The smallest absolute Gasteiger partial charge is 0.240 e. The number of hydrogen-bond acceptors (Lipinski definition) is 8. The highest BCUT2D eigenvalue weighted by molar-refractivity contribution is 7.91. The first-order chi connectivity index (χ1) is 14.5. The van der Waals surface area contributed by atoms with Gasteiger partial charge in [0.25, 0.3) is 0 Å². The van der Waals surface area contributed by atoms with Crippen LogP contribution in [0.1, 0.15) is 0 Å². The number of sulfonamides is 1. The fourth-order valence-corrected chi connectivity index (χ4v) is 4.15. The predicted octanol–water partition coefficient (Wildman–Crippen LogP) is 2.55. The molecule has 0 aliphatic carbocycles. The maximum Gasteiger partial charge on any atom is 0.240 e. The van der Waals surface area contributed by atoms with Crippen LogP contribution in [0.5, 0.6) is 0 Å². The number of nitrogens with one attached hydrogen (secondary N) is 3. The van der Waals surface area contributed by atoms with Crippen LogP contribution in [0.15, 0.2) is 58.6 Å². The van der Waals surface area contributed by atoms with Gasteiger partial charge in [0.2, 0.25) is 10.0 Å². The Morgan fingerprint density at radius 3 is 2.13 bits per heavy atom. The van der Waals surface area contributed by atoms with Crippen molar-refractivity contribution in [3.05, 3.63) is 60.4 Å². The van der Waals surface area contributed by atoms with Crippen molar-refractivity contribution in [3.63, 3.8) is 0 Å². The predicted molar refractivity (Wildman–Crippen MR) is 111 cm³/mol. The standard InChI is InChI=1S/C18H17F2N5O4S2/c1-21-31(28,29)12-4-6-16(30(2,26)27)15(8-12)25-18-9-17(22-10-23-18)24-11-3-5-13(19)14(20)7-11/h3-10,21H,1-2H3,(H2,22,23,24,25). The third-order valence-electron chi connectivity index (χ3n) is 4.05. The van der Waals surface area contributed by atoms with Crippen LogP contribution in [0.3, 0.4) is 0 Å². The van der Waals surface area contributed by atoms with Crippen LogP contribution in [0.4, 0.5) is 31.8 Å². The number of hydrogen-bond donors (Lipinski definition) is 3. The monoisotopic (exact) mass is 469 g/mol. The van der Waals surface area contributed by atoms with E-state index in [2.05, 4.69) is 25.3 Å². The van der Waals surface area contributed by atoms with E-state index in [1.165, 1.54) is 31.3 Å². The van der Waals surface area contributed by atoms with Gasteiger partial charge in [-0.15, -0.1) is 0 Å². The average Bonchev–Trinajstić information content (AvgIpc) is 2.70. The Kier molecular flexibility index (Phi) is 6.20. The molecule has 13 heteroatoms. The number of sulfone groups is 1. The molecule has 0 fully saturated rings. The van der Waals surface area contributed by atoms with Gasteiger partial charge >= 0.3 is 0 Å². The van der Waals surface area contributed by atoms with Gasteiger partial charge in [-0.05, 0) is 37.4 Å². The van der Waals surface area contributed by atoms with Crippen LogP contribution in [-0.2, 0) is 19.9 Å². The van der Waals surface area contributed by atoms with E-state index < -0.39 is 31.5 Å². The maximum absolute atomic E-state index is 13.4. The Labute approximate surface area is 177 Å². The van der Waals surface area contributed by atoms with E-state index in [9.17, 15) is 25.6 Å². The van der Waals surface area contributed by atoms with E-state index in [1.807, 2.05) is 0 Å². The summed E-state index contributed by atoms with van der Waals surface area (Å²) in [6, 6.07) is 8.08. The summed E-state index contributed by atoms with van der Waals surface area (Å²) >= 11 is 0. The minimum atomic E-state index is -3.83. The van der Waals surface area contributed by atoms with Crippen LogP contribution in [0.2, 0.25) is 0 Å². The van der Waals surface area contributed by atoms with Crippen molar-refractivity contribution >= 4 is 42.9 Å². The summed E-state index contributed by atoms with van der Waals surface area (Å²) in [5.74, 6) is -1.72. The van der Waals surface area contributed by atoms with Crippen molar-refractivity contribution in [3.8, 4) is 0 Å². The van der Waals surface area contributed by atoms with Gasteiger partial charge in [-0.25, -0.2) is 40.3 Å². The molecule has 0 saturated heterocycles. The zero-order chi connectivity index (χ0) is 22.8. The summed E-state index contributed by atoms with van der Waals surface area (Å²) < 4.78 is 77.1. The zero-order valence-corrected chi connectivity index (χ0v) is 17.9. The Bertz CT molecular complexity index is 1350. The van der Waals surface area contributed by atoms with E-state index in [-0.39, 0.29) is 32.8 Å². The number of nitrogens with zero attached hydrogens (tertiary/aromatic N) is 2. The third kappa shape index (κ3) is 5.31. The van der Waals surface area contributed by atoms with E-state index in [4.69, 9.17) is 0 Å². The zero-order valence-electron chi connectivity index (χ0n) is 16.2. The first kappa shape index (κ1) is 22.5. The molecule has 0 unspecified atom stereocenters. The second kappa shape index (κ2) is 8.53. The molecule has 0 atom stereocenters.